The van der Waals surface area contributed by atoms with Crippen LogP contribution in [0.15, 0.2) is 84.9 Å². The minimum Gasteiger partial charge on any atom is -0.467 e. The number of hydrogen-bond acceptors (Lipinski definition) is 5. The van der Waals surface area contributed by atoms with E-state index in [0.717, 1.165) is 10.0 Å². The fourth-order valence-corrected chi connectivity index (χ4v) is 4.50. The van der Waals surface area contributed by atoms with Crippen LogP contribution >= 0.6 is 50.9 Å². The lowest BCUT2D eigenvalue weighted by molar-refractivity contribution is -0.122. The number of rotatable bonds is 5. The average Bonchev–Trinajstić information content (AvgIpc) is 3.36. The largest absolute Gasteiger partial charge is 0.467 e. The number of hydrogen-bond donors (Lipinski definition) is 0. The smallest absolute Gasteiger partial charge is 0.267 e. The zero-order valence-electron chi connectivity index (χ0n) is 15.8. The van der Waals surface area contributed by atoms with E-state index in [1.807, 2.05) is 30.3 Å². The molecule has 1 saturated heterocycles. The van der Waals surface area contributed by atoms with Crippen molar-refractivity contribution in [2.24, 2.45) is 10.2 Å². The van der Waals surface area contributed by atoms with Gasteiger partial charge in [-0.3, -0.25) is 9.69 Å². The van der Waals surface area contributed by atoms with Gasteiger partial charge in [0.1, 0.15) is 5.76 Å². The fourth-order valence-electron chi connectivity index (χ4n) is 2.79. The highest BCUT2D eigenvalue weighted by molar-refractivity contribution is 9.10. The van der Waals surface area contributed by atoms with Gasteiger partial charge in [-0.2, -0.15) is 5.10 Å². The maximum atomic E-state index is 13.1. The Morgan fingerprint density at radius 1 is 1.13 bits per heavy atom. The minimum absolute atomic E-state index is 0.170. The van der Waals surface area contributed by atoms with Crippen molar-refractivity contribution >= 4 is 74.3 Å². The normalized spacial score (nSPS) is 16.9. The SMILES string of the molecule is O=C1/C(=C/c2cccc(Br)c2)S/C(=N/N=C\c2cccc(Cl)c2Cl)N1Cc1ccco1. The number of carbonyl (C=O) groups excluding carboxylic acids is 1. The third-order valence-corrected chi connectivity index (χ3v) is 6.57. The molecular weight excluding hydrogens is 521 g/mol. The van der Waals surface area contributed by atoms with Gasteiger partial charge >= 0.3 is 0 Å². The van der Waals surface area contributed by atoms with Gasteiger partial charge in [0.2, 0.25) is 0 Å². The van der Waals surface area contributed by atoms with Crippen LogP contribution in [0.25, 0.3) is 6.08 Å². The summed E-state index contributed by atoms with van der Waals surface area (Å²) in [5, 5.41) is 9.68. The lowest BCUT2D eigenvalue weighted by atomic mass is 10.2. The topological polar surface area (TPSA) is 58.2 Å². The monoisotopic (exact) mass is 533 g/mol. The van der Waals surface area contributed by atoms with E-state index in [-0.39, 0.29) is 12.5 Å². The summed E-state index contributed by atoms with van der Waals surface area (Å²) < 4.78 is 6.34. The average molecular weight is 535 g/mol. The molecule has 1 fully saturated rings. The summed E-state index contributed by atoms with van der Waals surface area (Å²) in [7, 11) is 0. The van der Waals surface area contributed by atoms with E-state index >= 15 is 0 Å². The second-order valence-corrected chi connectivity index (χ2v) is 9.12. The van der Waals surface area contributed by atoms with Crippen LogP contribution in [-0.4, -0.2) is 22.2 Å². The highest BCUT2D eigenvalue weighted by Crippen LogP contribution is 2.34. The van der Waals surface area contributed by atoms with Crippen LogP contribution < -0.4 is 0 Å². The summed E-state index contributed by atoms with van der Waals surface area (Å²) >= 11 is 16.9. The van der Waals surface area contributed by atoms with Crippen molar-refractivity contribution in [1.29, 1.82) is 0 Å². The van der Waals surface area contributed by atoms with Gasteiger partial charge in [-0.1, -0.05) is 63.4 Å². The molecule has 0 spiro atoms. The summed E-state index contributed by atoms with van der Waals surface area (Å²) in [6, 6.07) is 16.5. The van der Waals surface area contributed by atoms with Crippen molar-refractivity contribution < 1.29 is 9.21 Å². The number of carbonyl (C=O) groups is 1. The highest BCUT2D eigenvalue weighted by Gasteiger charge is 2.34. The molecule has 5 nitrogen and oxygen atoms in total. The molecule has 0 aliphatic carbocycles. The molecule has 0 atom stereocenters. The molecule has 4 rings (SSSR count). The lowest BCUT2D eigenvalue weighted by Crippen LogP contribution is -2.28. The summed E-state index contributed by atoms with van der Waals surface area (Å²) in [5.74, 6) is 0.475. The van der Waals surface area contributed by atoms with E-state index in [1.54, 1.807) is 36.6 Å². The number of amides is 1. The molecule has 0 radical (unpaired) electrons. The molecule has 156 valence electrons. The number of benzene rings is 2. The first-order chi connectivity index (χ1) is 15.0. The Labute approximate surface area is 201 Å². The van der Waals surface area contributed by atoms with Crippen molar-refractivity contribution in [3.63, 3.8) is 0 Å². The Hall–Kier alpha value is -2.32. The third kappa shape index (κ3) is 5.30. The predicted molar refractivity (Wildman–Crippen MR) is 130 cm³/mol. The van der Waals surface area contributed by atoms with Crippen molar-refractivity contribution in [3.8, 4) is 0 Å². The van der Waals surface area contributed by atoms with E-state index in [9.17, 15) is 4.79 Å². The summed E-state index contributed by atoms with van der Waals surface area (Å²) in [6.45, 7) is 0.251. The summed E-state index contributed by atoms with van der Waals surface area (Å²) in [5.41, 5.74) is 1.54. The van der Waals surface area contributed by atoms with Crippen molar-refractivity contribution in [2.45, 2.75) is 6.54 Å². The minimum atomic E-state index is -0.170. The maximum Gasteiger partial charge on any atom is 0.267 e. The molecule has 1 aromatic heterocycles. The van der Waals surface area contributed by atoms with Crippen molar-refractivity contribution in [2.75, 3.05) is 0 Å². The van der Waals surface area contributed by atoms with Gasteiger partial charge in [0.25, 0.3) is 5.91 Å². The zero-order chi connectivity index (χ0) is 21.8. The Morgan fingerprint density at radius 3 is 2.74 bits per heavy atom. The number of halogens is 3. The Morgan fingerprint density at radius 2 is 1.97 bits per heavy atom. The molecule has 9 heteroatoms. The number of nitrogens with zero attached hydrogens (tertiary/aromatic N) is 3. The maximum absolute atomic E-state index is 13.1. The van der Waals surface area contributed by atoms with Gasteiger partial charge in [-0.15, -0.1) is 5.10 Å². The van der Waals surface area contributed by atoms with E-state index in [1.165, 1.54) is 22.9 Å². The van der Waals surface area contributed by atoms with Crippen molar-refractivity contribution in [3.05, 3.63) is 97.2 Å². The van der Waals surface area contributed by atoms with E-state index in [4.69, 9.17) is 27.6 Å². The standard InChI is InChI=1S/C22H14BrCl2N3O2S/c23-16-6-1-4-14(10-16)11-19-21(29)28(13-17-7-3-9-30-17)22(31-19)27-26-12-15-5-2-8-18(24)20(15)25/h1-12H,13H2/b19-11-,26-12-,27-22+. The van der Waals surface area contributed by atoms with Crippen LogP contribution in [0.5, 0.6) is 0 Å². The molecule has 0 saturated carbocycles. The van der Waals surface area contributed by atoms with E-state index in [2.05, 4.69) is 26.1 Å². The van der Waals surface area contributed by atoms with Crippen LogP contribution in [0.2, 0.25) is 10.0 Å². The second-order valence-electron chi connectivity index (χ2n) is 6.41. The van der Waals surface area contributed by atoms with Crippen LogP contribution in [0.4, 0.5) is 0 Å². The highest BCUT2D eigenvalue weighted by atomic mass is 79.9. The van der Waals surface area contributed by atoms with Gasteiger partial charge in [-0.25, -0.2) is 0 Å². The predicted octanol–water partition coefficient (Wildman–Crippen LogP) is 6.86. The van der Waals surface area contributed by atoms with Crippen LogP contribution in [0, 0.1) is 0 Å². The van der Waals surface area contributed by atoms with E-state index < -0.39 is 0 Å². The molecule has 3 aromatic rings. The lowest BCUT2D eigenvalue weighted by Gasteiger charge is -2.12. The molecule has 0 N–H and O–H groups in total. The number of amidine groups is 1. The summed E-state index contributed by atoms with van der Waals surface area (Å²) in [6.07, 6.45) is 4.90. The molecule has 0 bridgehead atoms. The molecule has 1 amide bonds. The molecule has 2 aromatic carbocycles. The van der Waals surface area contributed by atoms with Gasteiger partial charge in [0.15, 0.2) is 5.17 Å². The molecule has 1 aliphatic heterocycles. The van der Waals surface area contributed by atoms with Crippen LogP contribution in [0.1, 0.15) is 16.9 Å². The first-order valence-electron chi connectivity index (χ1n) is 9.05. The zero-order valence-corrected chi connectivity index (χ0v) is 19.7. The fraction of sp³-hybridized carbons (Fsp3) is 0.0455. The Bertz CT molecular complexity index is 1210. The third-order valence-electron chi connectivity index (χ3n) is 4.25. The van der Waals surface area contributed by atoms with Gasteiger partial charge in [0.05, 0.1) is 34.0 Å². The van der Waals surface area contributed by atoms with Crippen molar-refractivity contribution in [1.82, 2.24) is 4.90 Å². The number of thioether (sulfide) groups is 1. The van der Waals surface area contributed by atoms with Gasteiger partial charge in [-0.05, 0) is 53.7 Å². The van der Waals surface area contributed by atoms with Crippen LogP contribution in [-0.2, 0) is 11.3 Å². The molecule has 31 heavy (non-hydrogen) atoms. The first-order valence-corrected chi connectivity index (χ1v) is 11.4. The quantitative estimate of drug-likeness (QED) is 0.204. The first kappa shape index (κ1) is 21.9. The second kappa shape index (κ2) is 9.87. The van der Waals surface area contributed by atoms with Crippen LogP contribution in [0.3, 0.4) is 0 Å². The number of furan rings is 1. The molecule has 1 aliphatic rings. The Balaban J connectivity index is 1.64. The molecule has 0 unspecified atom stereocenters. The Kier molecular flexibility index (Phi) is 6.97. The molecule has 2 heterocycles. The summed E-state index contributed by atoms with van der Waals surface area (Å²) in [4.78, 5) is 15.1. The van der Waals surface area contributed by atoms with Gasteiger partial charge < -0.3 is 4.42 Å². The van der Waals surface area contributed by atoms with E-state index in [0.29, 0.717) is 31.4 Å². The molecular formula is C22H14BrCl2N3O2S. The van der Waals surface area contributed by atoms with Gasteiger partial charge in [0, 0.05) is 10.0 Å².